The maximum absolute atomic E-state index is 9.94. The summed E-state index contributed by atoms with van der Waals surface area (Å²) in [4.78, 5) is 0. The molecule has 2 N–H and O–H groups in total. The molecule has 2 aromatic heterocycles. The van der Waals surface area contributed by atoms with Gasteiger partial charge in [0.15, 0.2) is 5.65 Å². The highest BCUT2D eigenvalue weighted by Crippen LogP contribution is 2.46. The van der Waals surface area contributed by atoms with Crippen LogP contribution in [0.3, 0.4) is 0 Å². The van der Waals surface area contributed by atoms with Gasteiger partial charge in [0, 0.05) is 21.9 Å². The van der Waals surface area contributed by atoms with Crippen LogP contribution in [-0.4, -0.2) is 20.0 Å². The number of hydrogen-bond acceptors (Lipinski definition) is 6. The monoisotopic (exact) mass is 390 g/mol. The van der Waals surface area contributed by atoms with Gasteiger partial charge in [-0.2, -0.15) is 9.78 Å². The summed E-state index contributed by atoms with van der Waals surface area (Å²) >= 11 is 0. The SMILES string of the molecule is N#CC1=C(N)Oc2c(ccc3ccccc23)C1c1cc2ccccc2n2nnnc12. The molecule has 7 heteroatoms. The Morgan fingerprint density at radius 1 is 0.967 bits per heavy atom. The first-order valence-corrected chi connectivity index (χ1v) is 9.45. The number of pyridine rings is 1. The number of ether oxygens (including phenoxy) is 1. The van der Waals surface area contributed by atoms with Crippen molar-refractivity contribution in [2.45, 2.75) is 5.92 Å². The first-order valence-electron chi connectivity index (χ1n) is 9.45. The summed E-state index contributed by atoms with van der Waals surface area (Å²) in [5, 5.41) is 25.2. The Labute approximate surface area is 170 Å². The molecule has 0 saturated carbocycles. The molecule has 0 amide bonds. The summed E-state index contributed by atoms with van der Waals surface area (Å²) in [6.45, 7) is 0. The van der Waals surface area contributed by atoms with Crippen molar-refractivity contribution in [3.63, 3.8) is 0 Å². The molecule has 6 rings (SSSR count). The molecule has 7 nitrogen and oxygen atoms in total. The van der Waals surface area contributed by atoms with Gasteiger partial charge < -0.3 is 10.5 Å². The number of aromatic nitrogens is 4. The lowest BCUT2D eigenvalue weighted by Crippen LogP contribution is -2.21. The van der Waals surface area contributed by atoms with Gasteiger partial charge in [-0.05, 0) is 27.9 Å². The average molecular weight is 390 g/mol. The summed E-state index contributed by atoms with van der Waals surface area (Å²) < 4.78 is 7.66. The number of rotatable bonds is 1. The van der Waals surface area contributed by atoms with Crippen molar-refractivity contribution < 1.29 is 4.74 Å². The number of fused-ring (bicyclic) bond motifs is 6. The highest BCUT2D eigenvalue weighted by atomic mass is 16.5. The first kappa shape index (κ1) is 16.5. The van der Waals surface area contributed by atoms with Gasteiger partial charge in [0.05, 0.1) is 11.4 Å². The second-order valence-electron chi connectivity index (χ2n) is 7.20. The van der Waals surface area contributed by atoms with Gasteiger partial charge >= 0.3 is 0 Å². The van der Waals surface area contributed by atoms with Gasteiger partial charge in [-0.25, -0.2) is 0 Å². The molecule has 1 unspecified atom stereocenters. The number of tetrazole rings is 1. The minimum absolute atomic E-state index is 0.102. The van der Waals surface area contributed by atoms with Crippen LogP contribution in [0.15, 0.2) is 78.2 Å². The molecule has 1 aliphatic rings. The predicted molar refractivity (Wildman–Crippen MR) is 112 cm³/mol. The van der Waals surface area contributed by atoms with Crippen molar-refractivity contribution in [3.05, 3.63) is 89.3 Å². The number of nitrogens with two attached hydrogens (primary N) is 1. The van der Waals surface area contributed by atoms with E-state index in [1.165, 1.54) is 0 Å². The summed E-state index contributed by atoms with van der Waals surface area (Å²) in [6.07, 6.45) is 0. The molecule has 30 heavy (non-hydrogen) atoms. The zero-order valence-corrected chi connectivity index (χ0v) is 15.6. The first-order chi connectivity index (χ1) is 14.8. The summed E-state index contributed by atoms with van der Waals surface area (Å²) in [5.41, 5.74) is 9.72. The summed E-state index contributed by atoms with van der Waals surface area (Å²) in [6, 6.07) is 24.1. The molecule has 3 heterocycles. The fourth-order valence-electron chi connectivity index (χ4n) is 4.28. The van der Waals surface area contributed by atoms with Crippen LogP contribution in [0.5, 0.6) is 5.75 Å². The van der Waals surface area contributed by atoms with Crippen LogP contribution in [0.1, 0.15) is 17.0 Å². The van der Waals surface area contributed by atoms with Gasteiger partial charge in [0.1, 0.15) is 17.4 Å². The van der Waals surface area contributed by atoms with Gasteiger partial charge in [-0.15, -0.1) is 5.10 Å². The van der Waals surface area contributed by atoms with Crippen LogP contribution >= 0.6 is 0 Å². The second kappa shape index (κ2) is 6.03. The molecule has 5 aromatic rings. The third-order valence-corrected chi connectivity index (χ3v) is 5.62. The average Bonchev–Trinajstić information content (AvgIpc) is 3.28. The molecular formula is C23H14N6O. The minimum Gasteiger partial charge on any atom is -0.440 e. The molecule has 0 bridgehead atoms. The van der Waals surface area contributed by atoms with Crippen molar-refractivity contribution in [1.29, 1.82) is 5.26 Å². The van der Waals surface area contributed by atoms with E-state index in [0.717, 1.165) is 32.8 Å². The normalized spacial score (nSPS) is 15.9. The largest absolute Gasteiger partial charge is 0.440 e. The maximum atomic E-state index is 9.94. The van der Waals surface area contributed by atoms with Crippen molar-refractivity contribution >= 4 is 27.3 Å². The number of hydrogen-bond donors (Lipinski definition) is 1. The Bertz CT molecular complexity index is 1560. The fourth-order valence-corrected chi connectivity index (χ4v) is 4.28. The topological polar surface area (TPSA) is 102 Å². The van der Waals surface area contributed by atoms with Gasteiger partial charge in [-0.1, -0.05) is 54.6 Å². The zero-order valence-electron chi connectivity index (χ0n) is 15.6. The molecular weight excluding hydrogens is 376 g/mol. The van der Waals surface area contributed by atoms with E-state index in [-0.39, 0.29) is 5.88 Å². The lowest BCUT2D eigenvalue weighted by Gasteiger charge is -2.27. The maximum Gasteiger partial charge on any atom is 0.205 e. The molecule has 142 valence electrons. The van der Waals surface area contributed by atoms with Gasteiger partial charge in [0.25, 0.3) is 0 Å². The lowest BCUT2D eigenvalue weighted by atomic mass is 9.82. The smallest absolute Gasteiger partial charge is 0.205 e. The fraction of sp³-hybridized carbons (Fsp3) is 0.0435. The molecule has 0 fully saturated rings. The lowest BCUT2D eigenvalue weighted by molar-refractivity contribution is 0.398. The second-order valence-corrected chi connectivity index (χ2v) is 7.20. The molecule has 1 aliphatic heterocycles. The number of para-hydroxylation sites is 1. The summed E-state index contributed by atoms with van der Waals surface area (Å²) in [7, 11) is 0. The van der Waals surface area contributed by atoms with Gasteiger partial charge in [0.2, 0.25) is 5.88 Å². The number of allylic oxidation sites excluding steroid dienone is 1. The Kier molecular flexibility index (Phi) is 3.32. The number of nitriles is 1. The van der Waals surface area contributed by atoms with E-state index in [2.05, 4.69) is 21.6 Å². The van der Waals surface area contributed by atoms with E-state index in [4.69, 9.17) is 10.5 Å². The Balaban J connectivity index is 1.73. The third-order valence-electron chi connectivity index (χ3n) is 5.62. The highest BCUT2D eigenvalue weighted by Gasteiger charge is 2.34. The van der Waals surface area contributed by atoms with Crippen LogP contribution in [0.25, 0.3) is 27.3 Å². The van der Waals surface area contributed by atoms with E-state index < -0.39 is 5.92 Å². The van der Waals surface area contributed by atoms with Crippen molar-refractivity contribution in [2.75, 3.05) is 0 Å². The van der Waals surface area contributed by atoms with E-state index in [1.807, 2.05) is 66.7 Å². The van der Waals surface area contributed by atoms with Crippen molar-refractivity contribution in [3.8, 4) is 11.8 Å². The standard InChI is InChI=1S/C23H14N6O/c24-12-18-20(16-10-9-13-5-1-3-7-15(13)21(16)30-22(18)25)17-11-14-6-2-4-8-19(14)29-23(17)26-27-28-29/h1-11,20H,25H2. The Morgan fingerprint density at radius 3 is 2.63 bits per heavy atom. The molecule has 0 spiro atoms. The van der Waals surface area contributed by atoms with E-state index >= 15 is 0 Å². The molecule has 3 aromatic carbocycles. The van der Waals surface area contributed by atoms with E-state index in [0.29, 0.717) is 17.0 Å². The molecule has 0 saturated heterocycles. The third kappa shape index (κ3) is 2.16. The number of benzene rings is 3. The number of nitrogens with zero attached hydrogens (tertiary/aromatic N) is 5. The van der Waals surface area contributed by atoms with Gasteiger partial charge in [-0.3, -0.25) is 0 Å². The van der Waals surface area contributed by atoms with Crippen LogP contribution in [0.2, 0.25) is 0 Å². The summed E-state index contributed by atoms with van der Waals surface area (Å²) in [5.74, 6) is 0.319. The van der Waals surface area contributed by atoms with Crippen molar-refractivity contribution in [2.24, 2.45) is 5.73 Å². The quantitative estimate of drug-likeness (QED) is 0.469. The van der Waals surface area contributed by atoms with Crippen LogP contribution in [0, 0.1) is 11.3 Å². The predicted octanol–water partition coefficient (Wildman–Crippen LogP) is 3.65. The molecule has 0 radical (unpaired) electrons. The Morgan fingerprint density at radius 2 is 1.77 bits per heavy atom. The van der Waals surface area contributed by atoms with E-state index in [9.17, 15) is 5.26 Å². The minimum atomic E-state index is -0.443. The van der Waals surface area contributed by atoms with Crippen LogP contribution < -0.4 is 10.5 Å². The highest BCUT2D eigenvalue weighted by molar-refractivity contribution is 5.91. The van der Waals surface area contributed by atoms with Crippen LogP contribution in [0.4, 0.5) is 0 Å². The molecule has 0 aliphatic carbocycles. The van der Waals surface area contributed by atoms with Crippen molar-refractivity contribution in [1.82, 2.24) is 20.0 Å². The zero-order chi connectivity index (χ0) is 20.2. The van der Waals surface area contributed by atoms with Crippen LogP contribution in [-0.2, 0) is 0 Å². The van der Waals surface area contributed by atoms with E-state index in [1.54, 1.807) is 4.52 Å². The Hall–Kier alpha value is -4.44. The molecule has 1 atom stereocenters.